The molecule has 0 amide bonds. The van der Waals surface area contributed by atoms with Crippen molar-refractivity contribution in [2.45, 2.75) is 45.1 Å². The summed E-state index contributed by atoms with van der Waals surface area (Å²) >= 11 is 5.24. The van der Waals surface area contributed by atoms with E-state index in [1.165, 1.54) is 22.9 Å². The van der Waals surface area contributed by atoms with Crippen molar-refractivity contribution >= 4 is 32.4 Å². The van der Waals surface area contributed by atoms with E-state index in [2.05, 4.69) is 69.6 Å². The van der Waals surface area contributed by atoms with Gasteiger partial charge in [0.1, 0.15) is 5.01 Å². The van der Waals surface area contributed by atoms with Crippen LogP contribution in [0.15, 0.2) is 28.7 Å². The van der Waals surface area contributed by atoms with Crippen molar-refractivity contribution in [1.82, 2.24) is 10.2 Å². The van der Waals surface area contributed by atoms with Crippen LogP contribution in [0, 0.1) is 5.92 Å². The molecule has 0 aliphatic heterocycles. The van der Waals surface area contributed by atoms with E-state index in [1.54, 1.807) is 11.3 Å². The predicted molar refractivity (Wildman–Crippen MR) is 92.0 cm³/mol. The van der Waals surface area contributed by atoms with Gasteiger partial charge in [0.15, 0.2) is 0 Å². The van der Waals surface area contributed by atoms with Crippen LogP contribution in [-0.4, -0.2) is 16.2 Å². The van der Waals surface area contributed by atoms with Crippen LogP contribution < -0.4 is 5.32 Å². The number of halogens is 1. The van der Waals surface area contributed by atoms with E-state index in [1.807, 2.05) is 0 Å². The summed E-state index contributed by atoms with van der Waals surface area (Å²) in [6, 6.07) is 9.18. The van der Waals surface area contributed by atoms with E-state index in [0.29, 0.717) is 17.9 Å². The molecule has 2 aromatic rings. The van der Waals surface area contributed by atoms with Gasteiger partial charge in [-0.2, -0.15) is 0 Å². The molecule has 0 unspecified atom stereocenters. The average Bonchev–Trinajstić information content (AvgIpc) is 2.79. The van der Waals surface area contributed by atoms with Gasteiger partial charge in [-0.05, 0) is 42.4 Å². The van der Waals surface area contributed by atoms with Crippen molar-refractivity contribution in [3.63, 3.8) is 0 Å². The number of hydrogen-bond donors (Lipinski definition) is 1. The lowest BCUT2D eigenvalue weighted by Crippen LogP contribution is -2.33. The van der Waals surface area contributed by atoms with Gasteiger partial charge in [-0.1, -0.05) is 53.2 Å². The third kappa shape index (κ3) is 3.83. The molecule has 1 aromatic carbocycles. The number of nitrogens with zero attached hydrogens (tertiary/aromatic N) is 2. The van der Waals surface area contributed by atoms with Crippen molar-refractivity contribution in [3.05, 3.63) is 39.3 Å². The minimum Gasteiger partial charge on any atom is -0.357 e. The molecule has 1 saturated carbocycles. The molecule has 21 heavy (non-hydrogen) atoms. The molecule has 1 fully saturated rings. The van der Waals surface area contributed by atoms with E-state index in [-0.39, 0.29) is 0 Å². The molecule has 112 valence electrons. The SMILES string of the molecule is CC(C)Cc1nnc(NC2CC(c3cccc(Br)c3)C2)s1. The van der Waals surface area contributed by atoms with Crippen molar-refractivity contribution in [3.8, 4) is 0 Å². The first-order valence-electron chi connectivity index (χ1n) is 7.44. The maximum Gasteiger partial charge on any atom is 0.205 e. The molecular formula is C16H20BrN3S. The number of anilines is 1. The molecule has 5 heteroatoms. The third-order valence-corrected chi connectivity index (χ3v) is 5.21. The molecule has 3 nitrogen and oxygen atoms in total. The summed E-state index contributed by atoms with van der Waals surface area (Å²) in [5.41, 5.74) is 1.43. The molecule has 1 aliphatic rings. The first-order chi connectivity index (χ1) is 10.1. The van der Waals surface area contributed by atoms with Gasteiger partial charge in [-0.25, -0.2) is 0 Å². The zero-order chi connectivity index (χ0) is 14.8. The van der Waals surface area contributed by atoms with Crippen LogP contribution >= 0.6 is 27.3 Å². The number of hydrogen-bond acceptors (Lipinski definition) is 4. The molecule has 0 bridgehead atoms. The Bertz CT molecular complexity index is 605. The minimum absolute atomic E-state index is 0.536. The number of rotatable bonds is 5. The van der Waals surface area contributed by atoms with Crippen LogP contribution in [-0.2, 0) is 6.42 Å². The summed E-state index contributed by atoms with van der Waals surface area (Å²) in [5.74, 6) is 1.30. The Hall–Kier alpha value is -0.940. The maximum atomic E-state index is 4.26. The van der Waals surface area contributed by atoms with Crippen molar-refractivity contribution < 1.29 is 0 Å². The highest BCUT2D eigenvalue weighted by Gasteiger charge is 2.30. The Morgan fingerprint density at radius 3 is 2.86 bits per heavy atom. The number of aromatic nitrogens is 2. The Morgan fingerprint density at radius 2 is 2.14 bits per heavy atom. The Balaban J connectivity index is 1.51. The van der Waals surface area contributed by atoms with Crippen LogP contribution in [0.5, 0.6) is 0 Å². The predicted octanol–water partition coefficient (Wildman–Crippen LogP) is 4.86. The first-order valence-corrected chi connectivity index (χ1v) is 9.05. The van der Waals surface area contributed by atoms with Gasteiger partial charge in [-0.15, -0.1) is 10.2 Å². The lowest BCUT2D eigenvalue weighted by atomic mass is 9.76. The molecular weight excluding hydrogens is 346 g/mol. The quantitative estimate of drug-likeness (QED) is 0.821. The lowest BCUT2D eigenvalue weighted by Gasteiger charge is -2.36. The molecule has 0 spiro atoms. The Labute approximate surface area is 138 Å². The summed E-state index contributed by atoms with van der Waals surface area (Å²) in [6.45, 7) is 4.42. The summed E-state index contributed by atoms with van der Waals surface area (Å²) in [4.78, 5) is 0. The molecule has 1 heterocycles. The van der Waals surface area contributed by atoms with Crippen molar-refractivity contribution in [2.75, 3.05) is 5.32 Å². The van der Waals surface area contributed by atoms with Gasteiger partial charge in [0.05, 0.1) is 0 Å². The summed E-state index contributed by atoms with van der Waals surface area (Å²) in [5, 5.41) is 14.1. The highest BCUT2D eigenvalue weighted by Crippen LogP contribution is 2.39. The highest BCUT2D eigenvalue weighted by atomic mass is 79.9. The second-order valence-corrected chi connectivity index (χ2v) is 8.14. The van der Waals surface area contributed by atoms with Crippen LogP contribution in [0.25, 0.3) is 0 Å². The zero-order valence-corrected chi connectivity index (χ0v) is 14.7. The van der Waals surface area contributed by atoms with Gasteiger partial charge in [0.25, 0.3) is 0 Å². The molecule has 1 aliphatic carbocycles. The van der Waals surface area contributed by atoms with E-state index < -0.39 is 0 Å². The smallest absolute Gasteiger partial charge is 0.205 e. The van der Waals surface area contributed by atoms with E-state index >= 15 is 0 Å². The zero-order valence-electron chi connectivity index (χ0n) is 12.3. The van der Waals surface area contributed by atoms with E-state index in [4.69, 9.17) is 0 Å². The fourth-order valence-electron chi connectivity index (χ4n) is 2.69. The third-order valence-electron chi connectivity index (χ3n) is 3.84. The Morgan fingerprint density at radius 1 is 1.33 bits per heavy atom. The van der Waals surface area contributed by atoms with Gasteiger partial charge >= 0.3 is 0 Å². The van der Waals surface area contributed by atoms with Gasteiger partial charge in [0, 0.05) is 16.9 Å². The maximum absolute atomic E-state index is 4.26. The second-order valence-electron chi connectivity index (χ2n) is 6.16. The lowest BCUT2D eigenvalue weighted by molar-refractivity contribution is 0.374. The first kappa shape index (κ1) is 15.0. The van der Waals surface area contributed by atoms with Crippen LogP contribution in [0.3, 0.4) is 0 Å². The number of benzene rings is 1. The van der Waals surface area contributed by atoms with Gasteiger partial charge < -0.3 is 5.32 Å². The largest absolute Gasteiger partial charge is 0.357 e. The monoisotopic (exact) mass is 365 g/mol. The normalized spacial score (nSPS) is 21.3. The van der Waals surface area contributed by atoms with Gasteiger partial charge in [-0.3, -0.25) is 0 Å². The van der Waals surface area contributed by atoms with Crippen LogP contribution in [0.1, 0.15) is 43.2 Å². The second kappa shape index (κ2) is 6.44. The highest BCUT2D eigenvalue weighted by molar-refractivity contribution is 9.10. The molecule has 1 N–H and O–H groups in total. The molecule has 0 radical (unpaired) electrons. The summed E-state index contributed by atoms with van der Waals surface area (Å²) in [7, 11) is 0. The number of nitrogens with one attached hydrogen (secondary N) is 1. The van der Waals surface area contributed by atoms with E-state index in [0.717, 1.165) is 16.6 Å². The standard InChI is InChI=1S/C16H20BrN3S/c1-10(2)6-15-19-20-16(21-15)18-14-8-12(9-14)11-4-3-5-13(17)7-11/h3-5,7,10,12,14H,6,8-9H2,1-2H3,(H,18,20). The van der Waals surface area contributed by atoms with E-state index in [9.17, 15) is 0 Å². The fraction of sp³-hybridized carbons (Fsp3) is 0.500. The summed E-state index contributed by atoms with van der Waals surface area (Å²) < 4.78 is 1.17. The molecule has 0 atom stereocenters. The molecule has 1 aromatic heterocycles. The van der Waals surface area contributed by atoms with Crippen LogP contribution in [0.4, 0.5) is 5.13 Å². The Kier molecular flexibility index (Phi) is 4.60. The minimum atomic E-state index is 0.536. The summed E-state index contributed by atoms with van der Waals surface area (Å²) in [6.07, 6.45) is 3.37. The average molecular weight is 366 g/mol. The van der Waals surface area contributed by atoms with Crippen LogP contribution in [0.2, 0.25) is 0 Å². The molecule has 3 rings (SSSR count). The molecule has 0 saturated heterocycles. The fourth-order valence-corrected chi connectivity index (χ4v) is 4.13. The van der Waals surface area contributed by atoms with Crippen molar-refractivity contribution in [1.29, 1.82) is 0 Å². The van der Waals surface area contributed by atoms with Crippen molar-refractivity contribution in [2.24, 2.45) is 5.92 Å². The topological polar surface area (TPSA) is 37.8 Å². The van der Waals surface area contributed by atoms with Gasteiger partial charge in [0.2, 0.25) is 5.13 Å².